The van der Waals surface area contributed by atoms with Crippen molar-refractivity contribution in [3.63, 3.8) is 0 Å². The quantitative estimate of drug-likeness (QED) is 0.798. The van der Waals surface area contributed by atoms with Gasteiger partial charge in [-0.15, -0.1) is 11.3 Å². The minimum absolute atomic E-state index is 0.0744. The lowest BCUT2D eigenvalue weighted by Crippen LogP contribution is -2.26. The Kier molecular flexibility index (Phi) is 4.96. The summed E-state index contributed by atoms with van der Waals surface area (Å²) in [6.07, 6.45) is 0.781. The molecule has 0 saturated carbocycles. The fourth-order valence-corrected chi connectivity index (χ4v) is 3.09. The van der Waals surface area contributed by atoms with Crippen LogP contribution in [0.1, 0.15) is 33.4 Å². The van der Waals surface area contributed by atoms with Gasteiger partial charge in [-0.25, -0.2) is 4.79 Å². The Morgan fingerprint density at radius 2 is 2.14 bits per heavy atom. The van der Waals surface area contributed by atoms with Crippen molar-refractivity contribution in [2.24, 2.45) is 0 Å². The van der Waals surface area contributed by atoms with E-state index in [4.69, 9.17) is 4.74 Å². The number of esters is 1. The molecule has 4 nitrogen and oxygen atoms in total. The average molecular weight is 305 g/mol. The molecule has 0 unspecified atom stereocenters. The van der Waals surface area contributed by atoms with E-state index in [9.17, 15) is 9.59 Å². The Labute approximate surface area is 128 Å². The third kappa shape index (κ3) is 3.42. The van der Waals surface area contributed by atoms with E-state index in [2.05, 4.69) is 0 Å². The number of ether oxygens (including phenoxy) is 1. The smallest absolute Gasteiger partial charge is 0.340 e. The second kappa shape index (κ2) is 6.72. The highest BCUT2D eigenvalue weighted by molar-refractivity contribution is 7.09. The number of carbonyl (C=O) groups is 1. The number of thiophene rings is 1. The van der Waals surface area contributed by atoms with Crippen molar-refractivity contribution in [1.29, 1.82) is 0 Å². The van der Waals surface area contributed by atoms with Gasteiger partial charge in [0.15, 0.2) is 0 Å². The van der Waals surface area contributed by atoms with Crippen LogP contribution in [0.4, 0.5) is 0 Å². The van der Waals surface area contributed by atoms with Crippen molar-refractivity contribution in [2.75, 3.05) is 6.61 Å². The van der Waals surface area contributed by atoms with Gasteiger partial charge in [-0.3, -0.25) is 4.79 Å². The van der Waals surface area contributed by atoms with E-state index in [1.165, 1.54) is 10.9 Å². The molecule has 112 valence electrons. The van der Waals surface area contributed by atoms with E-state index >= 15 is 0 Å². The molecular formula is C16H19NO3S. The highest BCUT2D eigenvalue weighted by Crippen LogP contribution is 2.15. The summed E-state index contributed by atoms with van der Waals surface area (Å²) in [5.41, 5.74) is 1.77. The van der Waals surface area contributed by atoms with Gasteiger partial charge in [-0.1, -0.05) is 6.07 Å². The zero-order valence-electron chi connectivity index (χ0n) is 12.5. The summed E-state index contributed by atoms with van der Waals surface area (Å²) in [4.78, 5) is 25.4. The zero-order chi connectivity index (χ0) is 15.4. The maximum Gasteiger partial charge on any atom is 0.340 e. The maximum atomic E-state index is 12.2. The van der Waals surface area contributed by atoms with Gasteiger partial charge in [0.2, 0.25) is 0 Å². The molecule has 21 heavy (non-hydrogen) atoms. The Morgan fingerprint density at radius 3 is 2.76 bits per heavy atom. The van der Waals surface area contributed by atoms with Crippen LogP contribution in [0.25, 0.3) is 0 Å². The molecule has 0 aliphatic carbocycles. The molecule has 2 aromatic rings. The molecule has 2 aromatic heterocycles. The van der Waals surface area contributed by atoms with Gasteiger partial charge in [0, 0.05) is 23.2 Å². The number of nitrogens with zero attached hydrogens (tertiary/aromatic N) is 1. The van der Waals surface area contributed by atoms with E-state index in [0.29, 0.717) is 30.0 Å². The average Bonchev–Trinajstić information content (AvgIpc) is 2.91. The van der Waals surface area contributed by atoms with Crippen LogP contribution >= 0.6 is 11.3 Å². The third-order valence-electron chi connectivity index (χ3n) is 3.41. The van der Waals surface area contributed by atoms with Crippen LogP contribution in [-0.4, -0.2) is 17.1 Å². The fourth-order valence-electron chi connectivity index (χ4n) is 2.39. The molecule has 0 saturated heterocycles. The first-order valence-corrected chi connectivity index (χ1v) is 7.83. The second-order valence-electron chi connectivity index (χ2n) is 4.83. The number of hydrogen-bond acceptors (Lipinski definition) is 4. The first kappa shape index (κ1) is 15.5. The fraction of sp³-hybridized carbons (Fsp3) is 0.375. The van der Waals surface area contributed by atoms with Crippen molar-refractivity contribution in [3.8, 4) is 0 Å². The number of hydrogen-bond donors (Lipinski definition) is 0. The SMILES string of the molecule is CCOC(=O)c1c(C)cc(=O)n(CCc2cccs2)c1C. The van der Waals surface area contributed by atoms with Crippen molar-refractivity contribution >= 4 is 17.3 Å². The molecule has 2 heterocycles. The molecule has 0 bridgehead atoms. The molecule has 5 heteroatoms. The van der Waals surface area contributed by atoms with E-state index < -0.39 is 0 Å². The summed E-state index contributed by atoms with van der Waals surface area (Å²) in [6, 6.07) is 5.55. The topological polar surface area (TPSA) is 48.3 Å². The predicted octanol–water partition coefficient (Wildman–Crippen LogP) is 2.95. The monoisotopic (exact) mass is 305 g/mol. The second-order valence-corrected chi connectivity index (χ2v) is 5.86. The van der Waals surface area contributed by atoms with Gasteiger partial charge >= 0.3 is 5.97 Å². The number of pyridine rings is 1. The zero-order valence-corrected chi connectivity index (χ0v) is 13.3. The first-order valence-electron chi connectivity index (χ1n) is 6.95. The summed E-state index contributed by atoms with van der Waals surface area (Å²) in [5, 5.41) is 2.02. The largest absolute Gasteiger partial charge is 0.462 e. The van der Waals surface area contributed by atoms with Crippen LogP contribution in [0.3, 0.4) is 0 Å². The minimum atomic E-state index is -0.364. The highest BCUT2D eigenvalue weighted by Gasteiger charge is 2.17. The molecule has 2 rings (SSSR count). The van der Waals surface area contributed by atoms with Gasteiger partial charge in [0.1, 0.15) is 0 Å². The van der Waals surface area contributed by atoms with Gasteiger partial charge in [-0.05, 0) is 44.2 Å². The van der Waals surface area contributed by atoms with Crippen LogP contribution < -0.4 is 5.56 Å². The van der Waals surface area contributed by atoms with E-state index in [1.54, 1.807) is 36.7 Å². The van der Waals surface area contributed by atoms with E-state index in [-0.39, 0.29) is 11.5 Å². The third-order valence-corrected chi connectivity index (χ3v) is 4.34. The number of aryl methyl sites for hydroxylation is 2. The molecule has 0 amide bonds. The molecule has 0 radical (unpaired) electrons. The lowest BCUT2D eigenvalue weighted by atomic mass is 10.1. The lowest BCUT2D eigenvalue weighted by Gasteiger charge is -2.15. The Bertz CT molecular complexity index is 686. The highest BCUT2D eigenvalue weighted by atomic mass is 32.1. The molecular weight excluding hydrogens is 286 g/mol. The molecule has 0 aromatic carbocycles. The van der Waals surface area contributed by atoms with Crippen LogP contribution in [0, 0.1) is 13.8 Å². The summed E-state index contributed by atoms with van der Waals surface area (Å²) < 4.78 is 6.73. The van der Waals surface area contributed by atoms with Crippen LogP contribution in [0.15, 0.2) is 28.4 Å². The normalized spacial score (nSPS) is 10.6. The maximum absolute atomic E-state index is 12.2. The lowest BCUT2D eigenvalue weighted by molar-refractivity contribution is 0.0523. The summed E-state index contributed by atoms with van der Waals surface area (Å²) in [5.74, 6) is -0.364. The molecule has 0 fully saturated rings. The van der Waals surface area contributed by atoms with Crippen molar-refractivity contribution < 1.29 is 9.53 Å². The molecule has 0 N–H and O–H groups in total. The van der Waals surface area contributed by atoms with E-state index in [1.807, 2.05) is 17.5 Å². The predicted molar refractivity (Wildman–Crippen MR) is 84.2 cm³/mol. The Hall–Kier alpha value is -1.88. The summed E-state index contributed by atoms with van der Waals surface area (Å²) in [6.45, 7) is 6.23. The van der Waals surface area contributed by atoms with Crippen LogP contribution in [0.5, 0.6) is 0 Å². The molecule has 0 spiro atoms. The van der Waals surface area contributed by atoms with Gasteiger partial charge in [0.05, 0.1) is 12.2 Å². The van der Waals surface area contributed by atoms with Gasteiger partial charge in [-0.2, -0.15) is 0 Å². The van der Waals surface area contributed by atoms with Crippen LogP contribution in [-0.2, 0) is 17.7 Å². The summed E-state index contributed by atoms with van der Waals surface area (Å²) >= 11 is 1.67. The minimum Gasteiger partial charge on any atom is -0.462 e. The molecule has 0 aliphatic rings. The molecule has 0 atom stereocenters. The number of carbonyl (C=O) groups excluding carboxylic acids is 1. The Balaban J connectivity index is 2.34. The molecule has 0 aliphatic heterocycles. The van der Waals surface area contributed by atoms with E-state index in [0.717, 1.165) is 6.42 Å². The van der Waals surface area contributed by atoms with Crippen molar-refractivity contribution in [3.05, 3.63) is 55.6 Å². The first-order chi connectivity index (χ1) is 10.0. The van der Waals surface area contributed by atoms with Crippen molar-refractivity contribution in [2.45, 2.75) is 33.7 Å². The number of rotatable bonds is 5. The van der Waals surface area contributed by atoms with Gasteiger partial charge in [0.25, 0.3) is 5.56 Å². The number of aromatic nitrogens is 1. The Morgan fingerprint density at radius 1 is 1.38 bits per heavy atom. The standard InChI is InChI=1S/C16H19NO3S/c1-4-20-16(19)15-11(2)10-14(18)17(12(15)3)8-7-13-6-5-9-21-13/h5-6,9-10H,4,7-8H2,1-3H3. The van der Waals surface area contributed by atoms with Crippen LogP contribution in [0.2, 0.25) is 0 Å². The van der Waals surface area contributed by atoms with Gasteiger partial charge < -0.3 is 9.30 Å². The van der Waals surface area contributed by atoms with Crippen molar-refractivity contribution in [1.82, 2.24) is 4.57 Å². The summed E-state index contributed by atoms with van der Waals surface area (Å²) in [7, 11) is 0.